The zero-order valence-electron chi connectivity index (χ0n) is 7.04. The Balaban J connectivity index is 3.03. The minimum Gasteiger partial charge on any atom is -0.294 e. The van der Waals surface area contributed by atoms with Crippen LogP contribution in [0.3, 0.4) is 0 Å². The number of Topliss-reactive ketones (excluding diaryl/α,β-unsaturated/α-hetero) is 1. The predicted molar refractivity (Wildman–Crippen MR) is 48.4 cm³/mol. The van der Waals surface area contributed by atoms with Crippen LogP contribution in [0.15, 0.2) is 18.3 Å². The van der Waals surface area contributed by atoms with Gasteiger partial charge in [0.15, 0.2) is 5.78 Å². The number of aromatic nitrogens is 1. The fourth-order valence-corrected chi connectivity index (χ4v) is 1.09. The number of rotatable bonds is 2. The number of hydrogen-bond donors (Lipinski definition) is 0. The minimum atomic E-state index is -0.0355. The molecule has 64 valence electrons. The smallest absolute Gasteiger partial charge is 0.168 e. The van der Waals surface area contributed by atoms with Gasteiger partial charge in [0.1, 0.15) is 5.15 Å². The topological polar surface area (TPSA) is 30.0 Å². The van der Waals surface area contributed by atoms with E-state index < -0.39 is 0 Å². The highest BCUT2D eigenvalue weighted by molar-refractivity contribution is 6.32. The van der Waals surface area contributed by atoms with Gasteiger partial charge in [0.2, 0.25) is 0 Å². The molecule has 0 aliphatic carbocycles. The number of pyridine rings is 1. The number of ketones is 1. The van der Waals surface area contributed by atoms with Crippen molar-refractivity contribution in [1.29, 1.82) is 0 Å². The Labute approximate surface area is 76.6 Å². The van der Waals surface area contributed by atoms with Crippen LogP contribution in [0.5, 0.6) is 0 Å². The second-order valence-corrected chi connectivity index (χ2v) is 3.22. The van der Waals surface area contributed by atoms with E-state index in [1.54, 1.807) is 18.3 Å². The summed E-state index contributed by atoms with van der Waals surface area (Å²) in [6, 6.07) is 3.40. The summed E-state index contributed by atoms with van der Waals surface area (Å²) < 4.78 is 0. The third kappa shape index (κ3) is 1.83. The first-order valence-corrected chi connectivity index (χ1v) is 4.15. The van der Waals surface area contributed by atoms with Crippen molar-refractivity contribution in [3.05, 3.63) is 29.0 Å². The van der Waals surface area contributed by atoms with Crippen LogP contribution in [0.1, 0.15) is 24.2 Å². The third-order valence-electron chi connectivity index (χ3n) is 1.55. The molecule has 0 saturated heterocycles. The summed E-state index contributed by atoms with van der Waals surface area (Å²) in [5.41, 5.74) is 0.508. The van der Waals surface area contributed by atoms with Crippen LogP contribution in [0.25, 0.3) is 0 Å². The van der Waals surface area contributed by atoms with Crippen molar-refractivity contribution in [2.75, 3.05) is 0 Å². The second-order valence-electron chi connectivity index (χ2n) is 2.86. The molecular weight excluding hydrogens is 174 g/mol. The molecule has 12 heavy (non-hydrogen) atoms. The standard InChI is InChI=1S/C9H10ClNO/c1-6(2)8(12)7-4-3-5-11-9(7)10/h3-6H,1-2H3. The Morgan fingerprint density at radius 1 is 1.58 bits per heavy atom. The monoisotopic (exact) mass is 183 g/mol. The van der Waals surface area contributed by atoms with Crippen molar-refractivity contribution in [2.45, 2.75) is 13.8 Å². The molecule has 0 aromatic carbocycles. The summed E-state index contributed by atoms with van der Waals surface area (Å²) in [5, 5.41) is 0.288. The molecule has 1 heterocycles. The molecule has 2 nitrogen and oxygen atoms in total. The summed E-state index contributed by atoms with van der Waals surface area (Å²) in [6.45, 7) is 3.68. The Morgan fingerprint density at radius 3 is 2.75 bits per heavy atom. The van der Waals surface area contributed by atoms with Crippen LogP contribution in [0.2, 0.25) is 5.15 Å². The first kappa shape index (κ1) is 9.20. The van der Waals surface area contributed by atoms with E-state index in [1.807, 2.05) is 13.8 Å². The lowest BCUT2D eigenvalue weighted by Crippen LogP contribution is -2.08. The molecule has 0 radical (unpaired) electrons. The highest BCUT2D eigenvalue weighted by atomic mass is 35.5. The van der Waals surface area contributed by atoms with Crippen LogP contribution >= 0.6 is 11.6 Å². The first-order chi connectivity index (χ1) is 5.63. The Bertz CT molecular complexity index is 296. The largest absolute Gasteiger partial charge is 0.294 e. The molecule has 0 spiro atoms. The number of carbonyl (C=O) groups is 1. The van der Waals surface area contributed by atoms with Crippen molar-refractivity contribution < 1.29 is 4.79 Å². The number of nitrogens with zero attached hydrogens (tertiary/aromatic N) is 1. The maximum Gasteiger partial charge on any atom is 0.168 e. The van der Waals surface area contributed by atoms with Crippen molar-refractivity contribution in [3.63, 3.8) is 0 Å². The van der Waals surface area contributed by atoms with Gasteiger partial charge < -0.3 is 0 Å². The van der Waals surface area contributed by atoms with E-state index in [4.69, 9.17) is 11.6 Å². The quantitative estimate of drug-likeness (QED) is 0.521. The number of hydrogen-bond acceptors (Lipinski definition) is 2. The molecule has 0 aliphatic rings. The first-order valence-electron chi connectivity index (χ1n) is 3.77. The van der Waals surface area contributed by atoms with Gasteiger partial charge in [0.25, 0.3) is 0 Å². The average Bonchev–Trinajstić information content (AvgIpc) is 2.04. The Kier molecular flexibility index (Phi) is 2.82. The van der Waals surface area contributed by atoms with Gasteiger partial charge >= 0.3 is 0 Å². The van der Waals surface area contributed by atoms with Gasteiger partial charge in [0, 0.05) is 12.1 Å². The van der Waals surface area contributed by atoms with E-state index in [0.29, 0.717) is 5.56 Å². The molecule has 3 heteroatoms. The van der Waals surface area contributed by atoms with Gasteiger partial charge in [-0.1, -0.05) is 25.4 Å². The van der Waals surface area contributed by atoms with Crippen LogP contribution < -0.4 is 0 Å². The van der Waals surface area contributed by atoms with E-state index >= 15 is 0 Å². The lowest BCUT2D eigenvalue weighted by Gasteiger charge is -2.04. The predicted octanol–water partition coefficient (Wildman–Crippen LogP) is 2.57. The molecule has 0 atom stereocenters. The molecule has 0 aliphatic heterocycles. The molecule has 1 aromatic rings. The molecule has 0 N–H and O–H groups in total. The fourth-order valence-electron chi connectivity index (χ4n) is 0.881. The SMILES string of the molecule is CC(C)C(=O)c1cccnc1Cl. The highest BCUT2D eigenvalue weighted by Crippen LogP contribution is 2.15. The van der Waals surface area contributed by atoms with Gasteiger partial charge in [-0.05, 0) is 12.1 Å². The summed E-state index contributed by atoms with van der Waals surface area (Å²) >= 11 is 5.73. The molecule has 1 aromatic heterocycles. The van der Waals surface area contributed by atoms with E-state index in [9.17, 15) is 4.79 Å². The van der Waals surface area contributed by atoms with Gasteiger partial charge in [-0.2, -0.15) is 0 Å². The molecule has 0 bridgehead atoms. The highest BCUT2D eigenvalue weighted by Gasteiger charge is 2.13. The van der Waals surface area contributed by atoms with Gasteiger partial charge in [-0.25, -0.2) is 4.98 Å². The molecule has 0 saturated carbocycles. The molecule has 0 fully saturated rings. The lowest BCUT2D eigenvalue weighted by molar-refractivity contribution is 0.0939. The third-order valence-corrected chi connectivity index (χ3v) is 1.85. The van der Waals surface area contributed by atoms with Crippen LogP contribution in [-0.4, -0.2) is 10.8 Å². The van der Waals surface area contributed by atoms with Crippen molar-refractivity contribution >= 4 is 17.4 Å². The van der Waals surface area contributed by atoms with Gasteiger partial charge in [-0.3, -0.25) is 4.79 Å². The zero-order valence-corrected chi connectivity index (χ0v) is 7.80. The lowest BCUT2D eigenvalue weighted by atomic mass is 10.0. The van der Waals surface area contributed by atoms with E-state index in [1.165, 1.54) is 0 Å². The van der Waals surface area contributed by atoms with Crippen LogP contribution in [0.4, 0.5) is 0 Å². The van der Waals surface area contributed by atoms with Crippen LogP contribution in [-0.2, 0) is 0 Å². The molecule has 0 amide bonds. The molecular formula is C9H10ClNO. The second kappa shape index (κ2) is 3.68. The number of carbonyl (C=O) groups excluding carboxylic acids is 1. The van der Waals surface area contributed by atoms with E-state index in [-0.39, 0.29) is 16.9 Å². The minimum absolute atomic E-state index is 0.0353. The van der Waals surface area contributed by atoms with Gasteiger partial charge in [-0.15, -0.1) is 0 Å². The maximum absolute atomic E-state index is 11.4. The van der Waals surface area contributed by atoms with Crippen LogP contribution in [0, 0.1) is 5.92 Å². The van der Waals surface area contributed by atoms with Gasteiger partial charge in [0.05, 0.1) is 5.56 Å². The fraction of sp³-hybridized carbons (Fsp3) is 0.333. The summed E-state index contributed by atoms with van der Waals surface area (Å²) in [7, 11) is 0. The van der Waals surface area contributed by atoms with Crippen molar-refractivity contribution in [1.82, 2.24) is 4.98 Å². The van der Waals surface area contributed by atoms with Crippen molar-refractivity contribution in [2.24, 2.45) is 5.92 Å². The maximum atomic E-state index is 11.4. The Morgan fingerprint density at radius 2 is 2.25 bits per heavy atom. The summed E-state index contributed by atoms with van der Waals surface area (Å²) in [6.07, 6.45) is 1.57. The van der Waals surface area contributed by atoms with E-state index in [0.717, 1.165) is 0 Å². The molecule has 1 rings (SSSR count). The van der Waals surface area contributed by atoms with E-state index in [2.05, 4.69) is 4.98 Å². The summed E-state index contributed by atoms with van der Waals surface area (Å²) in [5.74, 6) is -0.000185. The Hall–Kier alpha value is -0.890. The number of halogens is 1. The normalized spacial score (nSPS) is 10.3. The molecule has 0 unspecified atom stereocenters. The average molecular weight is 184 g/mol. The zero-order chi connectivity index (χ0) is 9.14. The van der Waals surface area contributed by atoms with Crippen molar-refractivity contribution in [3.8, 4) is 0 Å². The summed E-state index contributed by atoms with van der Waals surface area (Å²) in [4.78, 5) is 15.3.